The number of Topliss-reactive ketones (excluding diaryl/α,β-unsaturated/α-hetero) is 1. The fourth-order valence-corrected chi connectivity index (χ4v) is 2.73. The summed E-state index contributed by atoms with van der Waals surface area (Å²) in [4.78, 5) is 17.6. The van der Waals surface area contributed by atoms with Crippen molar-refractivity contribution in [3.05, 3.63) is 0 Å². The summed E-state index contributed by atoms with van der Waals surface area (Å²) >= 11 is 0. The molecule has 33 heavy (non-hydrogen) atoms. The molecule has 2 aliphatic heterocycles. The molecule has 2 saturated heterocycles. The summed E-state index contributed by atoms with van der Waals surface area (Å²) in [7, 11) is 2.94. The van der Waals surface area contributed by atoms with Crippen molar-refractivity contribution in [1.82, 2.24) is 0 Å². The van der Waals surface area contributed by atoms with Gasteiger partial charge < -0.3 is 44.4 Å². The Morgan fingerprint density at radius 1 is 0.818 bits per heavy atom. The van der Waals surface area contributed by atoms with E-state index in [-0.39, 0.29) is 30.2 Å². The summed E-state index contributed by atoms with van der Waals surface area (Å²) < 4.78 is 10.5. The molecular formula is C22H48N2O9. The molecule has 0 radical (unpaired) electrons. The Morgan fingerprint density at radius 2 is 1.09 bits per heavy atom. The van der Waals surface area contributed by atoms with Gasteiger partial charge in [0.05, 0.1) is 37.2 Å². The van der Waals surface area contributed by atoms with E-state index in [2.05, 4.69) is 20.7 Å². The quantitative estimate of drug-likeness (QED) is 0.286. The second-order valence-electron chi connectivity index (χ2n) is 7.90. The zero-order chi connectivity index (χ0) is 26.7. The molecule has 11 nitrogen and oxygen atoms in total. The van der Waals surface area contributed by atoms with Gasteiger partial charge in [-0.05, 0) is 54.4 Å². The van der Waals surface area contributed by atoms with Crippen molar-refractivity contribution < 1.29 is 44.4 Å². The second-order valence-corrected chi connectivity index (χ2v) is 7.90. The maximum absolute atomic E-state index is 9.44. The van der Waals surface area contributed by atoms with E-state index in [4.69, 9.17) is 9.47 Å². The van der Waals surface area contributed by atoms with Crippen LogP contribution in [0.3, 0.4) is 0 Å². The molecule has 2 aliphatic rings. The van der Waals surface area contributed by atoms with Gasteiger partial charge in [-0.2, -0.15) is 0 Å². The van der Waals surface area contributed by atoms with E-state index in [9.17, 15) is 25.2 Å². The molecule has 6 N–H and O–H groups in total. The van der Waals surface area contributed by atoms with Crippen LogP contribution in [0, 0.1) is 0 Å². The number of aliphatic hydroxyl groups is 4. The minimum absolute atomic E-state index is 0.167. The number of rotatable bonds is 3. The molecule has 0 amide bonds. The molecule has 0 aromatic carbocycles. The van der Waals surface area contributed by atoms with Crippen LogP contribution in [0.5, 0.6) is 0 Å². The minimum atomic E-state index is -0.704. The van der Waals surface area contributed by atoms with Gasteiger partial charge in [0.25, 0.3) is 0 Å². The first kappa shape index (κ1) is 36.4. The minimum Gasteiger partial charge on any atom is -0.399 e. The van der Waals surface area contributed by atoms with Crippen LogP contribution in [0.4, 0.5) is 0 Å². The molecule has 2 rings (SSSR count). The lowest BCUT2D eigenvalue weighted by molar-refractivity contribution is -0.115. The van der Waals surface area contributed by atoms with Crippen LogP contribution in [-0.4, -0.2) is 95.0 Å². The molecule has 0 aromatic rings. The fourth-order valence-electron chi connectivity index (χ4n) is 2.73. The third-order valence-electron chi connectivity index (χ3n) is 4.28. The molecule has 2 fully saturated rings. The lowest BCUT2D eigenvalue weighted by atomic mass is 10.1. The average molecular weight is 485 g/mol. The fraction of sp³-hybridized carbons (Fsp3) is 0.909. The Bertz CT molecular complexity index is 472. The summed E-state index contributed by atoms with van der Waals surface area (Å²) in [5.74, 6) is 4.51. The van der Waals surface area contributed by atoms with Gasteiger partial charge in [0, 0.05) is 0 Å². The van der Waals surface area contributed by atoms with E-state index in [0.717, 1.165) is 18.6 Å². The number of nitrogens with zero attached hydrogens (tertiary/aromatic N) is 1. The van der Waals surface area contributed by atoms with E-state index in [1.165, 1.54) is 28.1 Å². The molecule has 11 heteroatoms. The summed E-state index contributed by atoms with van der Waals surface area (Å²) in [6.07, 6.45) is -2.09. The Balaban J connectivity index is -0.000000367. The van der Waals surface area contributed by atoms with Crippen LogP contribution in [0.2, 0.25) is 0 Å². The van der Waals surface area contributed by atoms with E-state index in [0.29, 0.717) is 0 Å². The van der Waals surface area contributed by atoms with Gasteiger partial charge in [-0.1, -0.05) is 19.0 Å². The number of hydrogen-bond donors (Lipinski definition) is 5. The van der Waals surface area contributed by atoms with E-state index in [1.807, 2.05) is 27.7 Å². The molecule has 0 aliphatic carbocycles. The van der Waals surface area contributed by atoms with Crippen LogP contribution < -0.4 is 5.90 Å². The number of ether oxygens (including phenoxy) is 2. The van der Waals surface area contributed by atoms with Crippen LogP contribution in [-0.2, 0) is 23.9 Å². The predicted molar refractivity (Wildman–Crippen MR) is 127 cm³/mol. The maximum atomic E-state index is 9.44. The summed E-state index contributed by atoms with van der Waals surface area (Å²) in [6, 6.07) is 0. The molecule has 8 atom stereocenters. The number of carbonyl (C=O) groups is 1. The molecule has 200 valence electrons. The molecule has 2 unspecified atom stereocenters. The Labute approximate surface area is 198 Å². The topological polar surface area (TPSA) is 173 Å². The summed E-state index contributed by atoms with van der Waals surface area (Å²) in [5, 5.41) is 40.4. The van der Waals surface area contributed by atoms with Crippen molar-refractivity contribution in [3.8, 4) is 0 Å². The number of hydrogen-bond acceptors (Lipinski definition) is 11. The number of ketones is 1. The first-order valence-electron chi connectivity index (χ1n) is 11.0. The number of carbonyl (C=O) groups excluding carboxylic acids is 1. The van der Waals surface area contributed by atoms with Gasteiger partial charge in [-0.25, -0.2) is 5.90 Å². The highest BCUT2D eigenvalue weighted by Crippen LogP contribution is 2.23. The SMILES string of the molecule is CC(C)=O.CC[C@H]1O[C@@H](C)[C@@H](O)C1O.CC[C@H]1O[C@@H](C)[C@@H](O)C1O.CON.CON=C(C)C. The van der Waals surface area contributed by atoms with Gasteiger partial charge in [0.2, 0.25) is 0 Å². The van der Waals surface area contributed by atoms with Crippen LogP contribution in [0.15, 0.2) is 5.16 Å². The molecular weight excluding hydrogens is 436 g/mol. The third-order valence-corrected chi connectivity index (χ3v) is 4.28. The lowest BCUT2D eigenvalue weighted by Crippen LogP contribution is -2.31. The third kappa shape index (κ3) is 17.9. The van der Waals surface area contributed by atoms with Crippen LogP contribution in [0.1, 0.15) is 68.2 Å². The van der Waals surface area contributed by atoms with E-state index < -0.39 is 24.4 Å². The standard InChI is InChI=1S/2C7H14O3.C4H9NO.C3H6O.CH5NO/c2*1-3-5-7(9)6(8)4(2)10-5;1-4(2)5-6-3;1-3(2)4;1-3-2/h2*4-9H,3H2,1-2H3;1-3H3;1-2H3;2H2,1H3/t2*4-,5+,6+,7?;;;/m00.../s1. The van der Waals surface area contributed by atoms with Gasteiger partial charge >= 0.3 is 0 Å². The Hall–Kier alpha value is -1.18. The highest BCUT2D eigenvalue weighted by molar-refractivity contribution is 5.78. The maximum Gasteiger partial charge on any atom is 0.126 e. The Morgan fingerprint density at radius 3 is 1.15 bits per heavy atom. The van der Waals surface area contributed by atoms with E-state index in [1.54, 1.807) is 13.8 Å². The van der Waals surface area contributed by atoms with Crippen molar-refractivity contribution in [3.63, 3.8) is 0 Å². The molecule has 0 aromatic heterocycles. The molecule has 0 saturated carbocycles. The molecule has 0 spiro atoms. The number of aliphatic hydroxyl groups excluding tert-OH is 4. The van der Waals surface area contributed by atoms with Gasteiger partial charge in [-0.3, -0.25) is 0 Å². The first-order valence-corrected chi connectivity index (χ1v) is 11.0. The zero-order valence-electron chi connectivity index (χ0n) is 21.9. The first-order chi connectivity index (χ1) is 15.2. The zero-order valence-corrected chi connectivity index (χ0v) is 21.9. The van der Waals surface area contributed by atoms with Gasteiger partial charge in [-0.15, -0.1) is 0 Å². The average Bonchev–Trinajstić information content (AvgIpc) is 3.12. The lowest BCUT2D eigenvalue weighted by Gasteiger charge is -2.10. The van der Waals surface area contributed by atoms with Crippen molar-refractivity contribution in [2.24, 2.45) is 11.1 Å². The van der Waals surface area contributed by atoms with Crippen molar-refractivity contribution in [2.75, 3.05) is 14.2 Å². The van der Waals surface area contributed by atoms with E-state index >= 15 is 0 Å². The predicted octanol–water partition coefficient (Wildman–Crippen LogP) is 0.941. The smallest absolute Gasteiger partial charge is 0.126 e. The highest BCUT2D eigenvalue weighted by Gasteiger charge is 2.39. The van der Waals surface area contributed by atoms with Crippen molar-refractivity contribution in [2.45, 2.75) is 117 Å². The van der Waals surface area contributed by atoms with Gasteiger partial charge in [0.15, 0.2) is 0 Å². The van der Waals surface area contributed by atoms with Crippen LogP contribution >= 0.6 is 0 Å². The normalized spacial score (nSPS) is 31.7. The summed E-state index contributed by atoms with van der Waals surface area (Å²) in [5.41, 5.74) is 0.942. The van der Waals surface area contributed by atoms with Crippen molar-refractivity contribution in [1.29, 1.82) is 0 Å². The molecule has 0 bridgehead atoms. The molecule has 2 heterocycles. The largest absolute Gasteiger partial charge is 0.399 e. The highest BCUT2D eigenvalue weighted by atomic mass is 16.6. The summed E-state index contributed by atoms with van der Waals surface area (Å²) in [6.45, 7) is 14.2. The van der Waals surface area contributed by atoms with Crippen molar-refractivity contribution >= 4 is 11.5 Å². The Kier molecular flexibility index (Phi) is 23.6. The number of nitrogens with two attached hydrogens (primary N) is 1. The monoisotopic (exact) mass is 484 g/mol. The second kappa shape index (κ2) is 21.4. The van der Waals surface area contributed by atoms with Crippen LogP contribution in [0.25, 0.3) is 0 Å². The number of oxime groups is 1. The van der Waals surface area contributed by atoms with Gasteiger partial charge in [0.1, 0.15) is 37.3 Å².